The molecule has 0 radical (unpaired) electrons. The van der Waals surface area contributed by atoms with Crippen molar-refractivity contribution >= 4 is 5.69 Å². The quantitative estimate of drug-likeness (QED) is 0.557. The summed E-state index contributed by atoms with van der Waals surface area (Å²) in [5, 5.41) is 10.7. The fraction of sp³-hybridized carbons (Fsp3) is 0.294. The zero-order valence-electron chi connectivity index (χ0n) is 13.4. The molecule has 0 aromatic heterocycles. The van der Waals surface area contributed by atoms with Crippen LogP contribution < -0.4 is 4.74 Å². The van der Waals surface area contributed by atoms with Crippen LogP contribution in [0.15, 0.2) is 30.3 Å². The highest BCUT2D eigenvalue weighted by Crippen LogP contribution is 2.32. The molecule has 5 heteroatoms. The summed E-state index contributed by atoms with van der Waals surface area (Å²) in [6, 6.07) is 7.17. The van der Waals surface area contributed by atoms with E-state index in [4.69, 9.17) is 4.74 Å². The maximum Gasteiger partial charge on any atom is 0.269 e. The standard InChI is InChI=1S/C15H14FNO3.C2H6/c1-9-8-13(17(18)19)4-5-14(9)20-15-10(2)6-12(16)7-11(15)3;1-2/h4-8H,1-3H3;1-2H3. The summed E-state index contributed by atoms with van der Waals surface area (Å²) in [7, 11) is 0. The first-order valence-electron chi connectivity index (χ1n) is 7.08. The van der Waals surface area contributed by atoms with Crippen molar-refractivity contribution < 1.29 is 14.1 Å². The molecular weight excluding hydrogens is 285 g/mol. The zero-order valence-corrected chi connectivity index (χ0v) is 13.4. The molecule has 2 aromatic rings. The van der Waals surface area contributed by atoms with Gasteiger partial charge in [-0.1, -0.05) is 13.8 Å². The Morgan fingerprint density at radius 3 is 2.00 bits per heavy atom. The average molecular weight is 305 g/mol. The van der Waals surface area contributed by atoms with Crippen LogP contribution in [0.25, 0.3) is 0 Å². The minimum Gasteiger partial charge on any atom is -0.457 e. The molecule has 0 spiro atoms. The Kier molecular flexibility index (Phi) is 6.04. The number of aryl methyl sites for hydroxylation is 3. The highest BCUT2D eigenvalue weighted by Gasteiger charge is 2.12. The van der Waals surface area contributed by atoms with E-state index < -0.39 is 4.92 Å². The topological polar surface area (TPSA) is 52.4 Å². The fourth-order valence-corrected chi connectivity index (χ4v) is 2.03. The van der Waals surface area contributed by atoms with Crippen molar-refractivity contribution in [3.63, 3.8) is 0 Å². The summed E-state index contributed by atoms with van der Waals surface area (Å²) in [5.41, 5.74) is 2.03. The molecule has 22 heavy (non-hydrogen) atoms. The maximum atomic E-state index is 13.2. The number of benzene rings is 2. The SMILES string of the molecule is CC.Cc1cc([N+](=O)[O-])ccc1Oc1c(C)cc(F)cc1C. The van der Waals surface area contributed by atoms with Gasteiger partial charge in [0.25, 0.3) is 5.69 Å². The summed E-state index contributed by atoms with van der Waals surface area (Å²) in [5.74, 6) is 0.782. The Hall–Kier alpha value is -2.43. The molecule has 0 saturated heterocycles. The van der Waals surface area contributed by atoms with Crippen molar-refractivity contribution in [1.82, 2.24) is 0 Å². The molecule has 0 saturated carbocycles. The van der Waals surface area contributed by atoms with Crippen LogP contribution in [0.3, 0.4) is 0 Å². The Balaban J connectivity index is 0.00000116. The molecule has 0 aliphatic carbocycles. The normalized spacial score (nSPS) is 9.73. The summed E-state index contributed by atoms with van der Waals surface area (Å²) in [4.78, 5) is 10.2. The van der Waals surface area contributed by atoms with Crippen LogP contribution in [0.1, 0.15) is 30.5 Å². The predicted octanol–water partition coefficient (Wildman–Crippen LogP) is 5.48. The van der Waals surface area contributed by atoms with Crippen LogP contribution in [-0.2, 0) is 0 Å². The van der Waals surface area contributed by atoms with Crippen molar-refractivity contribution in [2.75, 3.05) is 0 Å². The number of nitrogens with zero attached hydrogens (tertiary/aromatic N) is 1. The minimum absolute atomic E-state index is 0.0161. The van der Waals surface area contributed by atoms with Gasteiger partial charge >= 0.3 is 0 Å². The third-order valence-corrected chi connectivity index (χ3v) is 3.01. The van der Waals surface area contributed by atoms with E-state index in [0.29, 0.717) is 28.2 Å². The molecule has 0 N–H and O–H groups in total. The molecule has 0 bridgehead atoms. The Bertz CT molecular complexity index is 661. The third-order valence-electron chi connectivity index (χ3n) is 3.01. The van der Waals surface area contributed by atoms with Crippen LogP contribution in [0.5, 0.6) is 11.5 Å². The average Bonchev–Trinajstić information content (AvgIpc) is 2.46. The van der Waals surface area contributed by atoms with E-state index in [2.05, 4.69) is 0 Å². The lowest BCUT2D eigenvalue weighted by molar-refractivity contribution is -0.384. The number of non-ortho nitro benzene ring substituents is 1. The maximum absolute atomic E-state index is 13.2. The molecule has 2 rings (SSSR count). The van der Waals surface area contributed by atoms with Crippen LogP contribution in [0, 0.1) is 36.7 Å². The number of halogens is 1. The molecule has 118 valence electrons. The molecule has 2 aromatic carbocycles. The van der Waals surface area contributed by atoms with Crippen molar-refractivity contribution in [2.24, 2.45) is 0 Å². The van der Waals surface area contributed by atoms with Gasteiger partial charge in [0.2, 0.25) is 0 Å². The monoisotopic (exact) mass is 305 g/mol. The number of rotatable bonds is 3. The summed E-state index contributed by atoms with van der Waals surface area (Å²) >= 11 is 0. The van der Waals surface area contributed by atoms with Crippen molar-refractivity contribution in [1.29, 1.82) is 0 Å². The van der Waals surface area contributed by atoms with Crippen molar-refractivity contribution in [2.45, 2.75) is 34.6 Å². The van der Waals surface area contributed by atoms with E-state index in [-0.39, 0.29) is 11.5 Å². The molecule has 0 unspecified atom stereocenters. The molecule has 0 aliphatic rings. The lowest BCUT2D eigenvalue weighted by Gasteiger charge is -2.13. The number of hydrogen-bond donors (Lipinski definition) is 0. The van der Waals surface area contributed by atoms with Gasteiger partial charge in [0, 0.05) is 12.1 Å². The van der Waals surface area contributed by atoms with Gasteiger partial charge in [-0.05, 0) is 55.7 Å². The van der Waals surface area contributed by atoms with Gasteiger partial charge in [-0.15, -0.1) is 0 Å². The van der Waals surface area contributed by atoms with Gasteiger partial charge in [0.1, 0.15) is 17.3 Å². The first-order chi connectivity index (χ1) is 10.4. The zero-order chi connectivity index (χ0) is 16.9. The van der Waals surface area contributed by atoms with Crippen LogP contribution in [0.2, 0.25) is 0 Å². The summed E-state index contributed by atoms with van der Waals surface area (Å²) < 4.78 is 19.0. The Morgan fingerprint density at radius 1 is 1.00 bits per heavy atom. The van der Waals surface area contributed by atoms with Gasteiger partial charge in [0.15, 0.2) is 0 Å². The molecule has 0 aliphatic heterocycles. The van der Waals surface area contributed by atoms with E-state index >= 15 is 0 Å². The third kappa shape index (κ3) is 4.04. The summed E-state index contributed by atoms with van der Waals surface area (Å²) in [6.07, 6.45) is 0. The van der Waals surface area contributed by atoms with Gasteiger partial charge in [-0.3, -0.25) is 10.1 Å². The number of nitro benzene ring substituents is 1. The van der Waals surface area contributed by atoms with Crippen molar-refractivity contribution in [3.8, 4) is 11.5 Å². The van der Waals surface area contributed by atoms with Crippen LogP contribution in [0.4, 0.5) is 10.1 Å². The van der Waals surface area contributed by atoms with Crippen LogP contribution >= 0.6 is 0 Å². The predicted molar refractivity (Wildman–Crippen MR) is 85.1 cm³/mol. The van der Waals surface area contributed by atoms with Gasteiger partial charge < -0.3 is 4.74 Å². The fourth-order valence-electron chi connectivity index (χ4n) is 2.03. The number of ether oxygens (including phenoxy) is 1. The second-order valence-corrected chi connectivity index (χ2v) is 4.68. The van der Waals surface area contributed by atoms with Gasteiger partial charge in [-0.25, -0.2) is 4.39 Å². The molecular formula is C17H20FNO3. The molecule has 0 heterocycles. The van der Waals surface area contributed by atoms with E-state index in [1.807, 2.05) is 13.8 Å². The van der Waals surface area contributed by atoms with E-state index in [1.165, 1.54) is 24.3 Å². The second-order valence-electron chi connectivity index (χ2n) is 4.68. The molecule has 0 atom stereocenters. The van der Waals surface area contributed by atoms with E-state index in [1.54, 1.807) is 26.8 Å². The lowest BCUT2D eigenvalue weighted by atomic mass is 10.1. The molecule has 0 amide bonds. The van der Waals surface area contributed by atoms with Crippen LogP contribution in [-0.4, -0.2) is 4.92 Å². The highest BCUT2D eigenvalue weighted by atomic mass is 19.1. The first kappa shape index (κ1) is 17.6. The number of hydrogen-bond acceptors (Lipinski definition) is 3. The van der Waals surface area contributed by atoms with E-state index in [9.17, 15) is 14.5 Å². The number of nitro groups is 1. The van der Waals surface area contributed by atoms with E-state index in [0.717, 1.165) is 0 Å². The lowest BCUT2D eigenvalue weighted by Crippen LogP contribution is -1.95. The van der Waals surface area contributed by atoms with Gasteiger partial charge in [0.05, 0.1) is 4.92 Å². The smallest absolute Gasteiger partial charge is 0.269 e. The first-order valence-corrected chi connectivity index (χ1v) is 7.08. The Morgan fingerprint density at radius 2 is 1.55 bits per heavy atom. The summed E-state index contributed by atoms with van der Waals surface area (Å²) in [6.45, 7) is 9.24. The largest absolute Gasteiger partial charge is 0.457 e. The minimum atomic E-state index is -0.453. The molecule has 0 fully saturated rings. The van der Waals surface area contributed by atoms with Gasteiger partial charge in [-0.2, -0.15) is 0 Å². The second kappa shape index (κ2) is 7.54. The Labute approximate surface area is 129 Å². The highest BCUT2D eigenvalue weighted by molar-refractivity contribution is 5.48. The van der Waals surface area contributed by atoms with Crippen molar-refractivity contribution in [3.05, 3.63) is 63.0 Å². The molecule has 4 nitrogen and oxygen atoms in total.